The highest BCUT2D eigenvalue weighted by atomic mass is 35.5. The standard InChI is InChI=1S/C41H51ClN4O6S.C28H32ClNO4.C12H20N4O3S.C2H3N/c1-7-10-27(3)23-53(49,24-36(47)33-22-45(4)43-40(33)51-6)44-39(48)29-13-17-38-35(20-29)46(21-30-12-15-32(30)37(8-2)50-5)25-41(26-52-38)18-9-11-28-19-31(42)14-16-34(28)41;1-3-25(33-2)22-9-6-20(22)15-30-16-28(12-4-5-18-13-21(29)8-10-23(18)28)17-34-26-11-7-19(27(31)32)14-24(26)30;1-5-6-9(2)8-20(13,18)15-11(17)10-7-16(3)14-12(10)19-4;1-2-3/h7-8,13-14,16-17,19-20,22,27,30,32,37H,1-2,9-12,15,18,21,23-26H2,3-6H3;3,7-8,10-11,13-14,20,22,25H,1,4-6,9,12,15-17H2,2H3,(H,31,32);5,7,9H,1,6,8H2,2-4H3,(H2,13,15,17,18);1H3/t27-,30-,32+,37-,41-,53+;20-,22+,25-,28-;9-,20?;/m000./s1. The van der Waals surface area contributed by atoms with E-state index in [1.807, 2.05) is 56.3 Å². The number of anilines is 2. The number of methoxy groups -OCH3 is 4. The van der Waals surface area contributed by atoms with E-state index in [4.69, 9.17) is 62.0 Å². The summed E-state index contributed by atoms with van der Waals surface area (Å²) in [6.07, 6.45) is 21.9. The van der Waals surface area contributed by atoms with E-state index in [1.165, 1.54) is 65.2 Å². The number of halogens is 2. The van der Waals surface area contributed by atoms with E-state index in [9.17, 15) is 32.7 Å². The van der Waals surface area contributed by atoms with Gasteiger partial charge in [-0.3, -0.25) is 23.7 Å². The number of carboxylic acid groups (broad SMARTS) is 1. The van der Waals surface area contributed by atoms with Crippen molar-refractivity contribution in [3.8, 4) is 29.3 Å². The number of carboxylic acids is 1. The van der Waals surface area contributed by atoms with Gasteiger partial charge in [0.1, 0.15) is 32.5 Å². The number of amides is 2. The molecule has 592 valence electrons. The first-order chi connectivity index (χ1) is 52.5. The van der Waals surface area contributed by atoms with E-state index < -0.39 is 49.0 Å². The van der Waals surface area contributed by atoms with Crippen LogP contribution in [0.25, 0.3) is 0 Å². The average molecular weight is 1590 g/mol. The molecule has 6 aliphatic rings. The van der Waals surface area contributed by atoms with Gasteiger partial charge in [0.05, 0.1) is 78.1 Å². The largest absolute Gasteiger partial charge is 0.490 e. The summed E-state index contributed by atoms with van der Waals surface area (Å²) in [5.74, 6) is 0.214. The zero-order valence-corrected chi connectivity index (χ0v) is 67.9. The first-order valence-corrected chi connectivity index (χ1v) is 41.6. The number of aromatic carboxylic acids is 1. The van der Waals surface area contributed by atoms with Gasteiger partial charge in [-0.15, -0.1) is 40.9 Å². The maximum absolute atomic E-state index is 14.6. The van der Waals surface area contributed by atoms with Gasteiger partial charge in [-0.25, -0.2) is 18.4 Å². The van der Waals surface area contributed by atoms with Gasteiger partial charge < -0.3 is 43.3 Å². The summed E-state index contributed by atoms with van der Waals surface area (Å²) in [5, 5.41) is 32.2. The van der Waals surface area contributed by atoms with Crippen LogP contribution in [0.4, 0.5) is 11.4 Å². The molecule has 0 saturated heterocycles. The Balaban J connectivity index is 0.000000207. The summed E-state index contributed by atoms with van der Waals surface area (Å²) in [6, 6.07) is 24.7. The number of nitriles is 1. The molecule has 4 heterocycles. The number of carbonyl (C=O) groups excluding carboxylic acids is 3. The van der Waals surface area contributed by atoms with Crippen molar-refractivity contribution >= 4 is 77.8 Å². The molecular formula is C83H106Cl2N10O13S2. The number of Topliss-reactive ketones (excluding diaryl/α,β-unsaturated/α-hetero) is 1. The normalized spacial score (nSPS) is 22.0. The minimum absolute atomic E-state index is 0.0392. The van der Waals surface area contributed by atoms with Crippen molar-refractivity contribution in [1.29, 1.82) is 5.26 Å². The van der Waals surface area contributed by atoms with E-state index in [0.29, 0.717) is 62.0 Å². The number of ether oxygens (including phenoxy) is 6. The first-order valence-electron chi connectivity index (χ1n) is 37.3. The van der Waals surface area contributed by atoms with Crippen molar-refractivity contribution < 1.29 is 61.1 Å². The number of aryl methyl sites for hydroxylation is 4. The van der Waals surface area contributed by atoms with Crippen LogP contribution in [0.5, 0.6) is 23.3 Å². The molecule has 12 rings (SSSR count). The predicted molar refractivity (Wildman–Crippen MR) is 433 cm³/mol. The molecular weight excluding hydrogens is 1480 g/mol. The van der Waals surface area contributed by atoms with E-state index >= 15 is 0 Å². The second kappa shape index (κ2) is 38.1. The van der Waals surface area contributed by atoms with E-state index in [1.54, 1.807) is 64.7 Å². The molecule has 0 radical (unpaired) electrons. The summed E-state index contributed by atoms with van der Waals surface area (Å²) in [7, 11) is 3.18. The van der Waals surface area contributed by atoms with Crippen molar-refractivity contribution in [3.63, 3.8) is 0 Å². The lowest BCUT2D eigenvalue weighted by molar-refractivity contribution is 0.0135. The van der Waals surface area contributed by atoms with Gasteiger partial charge >= 0.3 is 5.97 Å². The van der Waals surface area contributed by atoms with Crippen molar-refractivity contribution in [2.45, 2.75) is 121 Å². The monoisotopic (exact) mass is 1580 g/mol. The van der Waals surface area contributed by atoms with Crippen LogP contribution in [0.15, 0.2) is 145 Å². The number of benzene rings is 4. The number of nitrogens with two attached hydrogens (primary N) is 1. The zero-order chi connectivity index (χ0) is 79.8. The third-order valence-corrected chi connectivity index (χ3v) is 26.1. The second-order valence-electron chi connectivity index (χ2n) is 29.8. The Morgan fingerprint density at radius 3 is 1.57 bits per heavy atom. The fraction of sp³-hybridized carbons (Fsp3) is 0.482. The van der Waals surface area contributed by atoms with Crippen LogP contribution in [-0.4, -0.2) is 154 Å². The minimum Gasteiger partial charge on any atom is -0.490 e. The Hall–Kier alpha value is -8.61. The maximum Gasteiger partial charge on any atom is 0.335 e. The average Bonchev–Trinajstić information content (AvgIpc) is 1.48. The molecule has 0 bridgehead atoms. The summed E-state index contributed by atoms with van der Waals surface area (Å²) in [5.41, 5.74) is 7.23. The number of allylic oxidation sites excluding steroid dienone is 2. The van der Waals surface area contributed by atoms with E-state index in [2.05, 4.69) is 79.3 Å². The molecule has 1 unspecified atom stereocenters. The molecule has 4 aromatic carbocycles. The Morgan fingerprint density at radius 2 is 1.14 bits per heavy atom. The SMILES string of the molecule is C=CC[C@H](C)CS(N)(=O)=NC(=O)c1cn(C)nc1OC.C=CC[C@H](C)C[S@@](=O)(CC(=O)c1cn(C)nc1OC)=NC(=O)c1ccc2c(c1)N(C[C@@H]1CC[C@H]1[C@H](C=C)OC)C[C@@]1(CCCc3cc(Cl)ccc31)CO2.C=C[C@H](OC)[C@@H]1CC[C@H]1CN1C[C@@]2(CCCc3cc(Cl)ccc32)COc2ccc(C(=O)O)cc21.CC#N. The number of aromatic nitrogens is 4. The Labute approximate surface area is 658 Å². The molecule has 27 heteroatoms. The van der Waals surface area contributed by atoms with Crippen LogP contribution in [0.1, 0.15) is 149 Å². The topological polar surface area (TPSA) is 295 Å². The van der Waals surface area contributed by atoms with Crippen LogP contribution in [0.2, 0.25) is 10.0 Å². The zero-order valence-electron chi connectivity index (χ0n) is 64.7. The van der Waals surface area contributed by atoms with Crippen LogP contribution < -0.4 is 33.9 Å². The molecule has 2 fully saturated rings. The van der Waals surface area contributed by atoms with Gasteiger partial charge in [-0.05, 0) is 195 Å². The number of hydrogen-bond donors (Lipinski definition) is 2. The molecule has 2 spiro atoms. The van der Waals surface area contributed by atoms with Crippen LogP contribution in [-0.2, 0) is 66.9 Å². The van der Waals surface area contributed by atoms with Crippen LogP contribution in [0.3, 0.4) is 0 Å². The van der Waals surface area contributed by atoms with Gasteiger partial charge in [0.2, 0.25) is 11.8 Å². The van der Waals surface area contributed by atoms with Crippen molar-refractivity contribution in [1.82, 2.24) is 19.6 Å². The predicted octanol–water partition coefficient (Wildman–Crippen LogP) is 14.9. The lowest BCUT2D eigenvalue weighted by Gasteiger charge is -2.46. The molecule has 2 aromatic heterocycles. The number of fused-ring (bicyclic) bond motifs is 6. The first kappa shape index (κ1) is 85.4. The lowest BCUT2D eigenvalue weighted by Crippen LogP contribution is -2.49. The van der Waals surface area contributed by atoms with Crippen LogP contribution >= 0.6 is 23.2 Å². The highest BCUT2D eigenvalue weighted by Crippen LogP contribution is 2.50. The van der Waals surface area contributed by atoms with Crippen molar-refractivity contribution in [2.24, 2.45) is 63.5 Å². The highest BCUT2D eigenvalue weighted by molar-refractivity contribution is 7.94. The summed E-state index contributed by atoms with van der Waals surface area (Å²) in [4.78, 5) is 56.2. The second-order valence-corrected chi connectivity index (χ2v) is 35.0. The molecule has 12 atom stereocenters. The summed E-state index contributed by atoms with van der Waals surface area (Å²) in [6.45, 7) is 24.7. The van der Waals surface area contributed by atoms with Gasteiger partial charge in [0.15, 0.2) is 5.78 Å². The molecule has 2 aliphatic heterocycles. The highest BCUT2D eigenvalue weighted by Gasteiger charge is 2.47. The molecule has 6 aromatic rings. The number of carbonyl (C=O) groups is 4. The number of nitrogens with zero attached hydrogens (tertiary/aromatic N) is 9. The molecule has 3 N–H and O–H groups in total. The number of ketones is 1. The molecule has 110 heavy (non-hydrogen) atoms. The quantitative estimate of drug-likeness (QED) is 0.0377. The Bertz CT molecular complexity index is 4670. The number of hydrogen-bond acceptors (Lipinski definition) is 17. The van der Waals surface area contributed by atoms with E-state index in [-0.39, 0.29) is 80.4 Å². The molecule has 23 nitrogen and oxygen atoms in total. The van der Waals surface area contributed by atoms with Gasteiger partial charge in [0, 0.05) is 112 Å². The van der Waals surface area contributed by atoms with Gasteiger partial charge in [-0.2, -0.15) is 9.62 Å². The molecule has 2 saturated carbocycles. The minimum atomic E-state index is -3.35. The fourth-order valence-corrected chi connectivity index (χ4v) is 20.5. The molecule has 2 amide bonds. The maximum atomic E-state index is 14.6. The van der Waals surface area contributed by atoms with Crippen LogP contribution in [0, 0.1) is 46.8 Å². The van der Waals surface area contributed by atoms with Gasteiger partial charge in [0.25, 0.3) is 11.8 Å². The fourth-order valence-electron chi connectivity index (χ4n) is 16.4. The van der Waals surface area contributed by atoms with E-state index in [0.717, 1.165) is 111 Å². The third-order valence-electron chi connectivity index (χ3n) is 21.8. The number of rotatable bonds is 26. The molecule has 4 aliphatic carbocycles. The smallest absolute Gasteiger partial charge is 0.335 e. The Kier molecular flexibility index (Phi) is 29.6. The van der Waals surface area contributed by atoms with Crippen molar-refractivity contribution in [3.05, 3.63) is 190 Å². The van der Waals surface area contributed by atoms with Crippen molar-refractivity contribution in [2.75, 3.05) is 94.9 Å². The summed E-state index contributed by atoms with van der Waals surface area (Å²) < 4.78 is 72.4. The van der Waals surface area contributed by atoms with Gasteiger partial charge in [-0.1, -0.05) is 73.5 Å². The lowest BCUT2D eigenvalue weighted by atomic mass is 9.68. The summed E-state index contributed by atoms with van der Waals surface area (Å²) >= 11 is 12.8. The third kappa shape index (κ3) is 20.5. The Morgan fingerprint density at radius 1 is 0.682 bits per heavy atom.